The number of carbonyl (C=O) groups excluding carboxylic acids is 4. The van der Waals surface area contributed by atoms with E-state index in [0.29, 0.717) is 32.1 Å². The van der Waals surface area contributed by atoms with Gasteiger partial charge in [-0.05, 0) is 63.7 Å². The van der Waals surface area contributed by atoms with Gasteiger partial charge in [0, 0.05) is 42.1 Å². The van der Waals surface area contributed by atoms with Crippen molar-refractivity contribution in [3.05, 3.63) is 36.5 Å². The largest absolute Gasteiger partial charge is 0.458 e. The molecule has 3 heterocycles. The number of allylic oxidation sites excluding steroid dienone is 4. The fraction of sp³-hybridized carbons (Fsp3) is 0.778. The number of hydrogen-bond acceptors (Lipinski definition) is 12. The van der Waals surface area contributed by atoms with E-state index >= 15 is 0 Å². The molecule has 0 aromatic heterocycles. The van der Waals surface area contributed by atoms with Gasteiger partial charge < -0.3 is 39.7 Å². The van der Waals surface area contributed by atoms with Crippen molar-refractivity contribution in [2.45, 2.75) is 169 Å². The van der Waals surface area contributed by atoms with Gasteiger partial charge in [-0.15, -0.1) is 0 Å². The summed E-state index contributed by atoms with van der Waals surface area (Å²) in [5.74, 6) is -9.51. The van der Waals surface area contributed by atoms with Crippen molar-refractivity contribution in [2.75, 3.05) is 0 Å². The van der Waals surface area contributed by atoms with Gasteiger partial charge >= 0.3 is 5.97 Å². The molecule has 3 rings (SSSR count). The fourth-order valence-corrected chi connectivity index (χ4v) is 8.95. The van der Waals surface area contributed by atoms with Crippen molar-refractivity contribution >= 4 is 23.3 Å². The zero-order chi connectivity index (χ0) is 43.2. The molecule has 0 unspecified atom stereocenters. The smallest absolute Gasteiger partial charge is 0.330 e. The van der Waals surface area contributed by atoms with E-state index in [4.69, 9.17) is 14.2 Å². The van der Waals surface area contributed by atoms with E-state index in [-0.39, 0.29) is 30.0 Å². The molecule has 3 aliphatic heterocycles. The minimum Gasteiger partial charge on any atom is -0.458 e. The number of esters is 1. The number of rotatable bonds is 3. The summed E-state index contributed by atoms with van der Waals surface area (Å²) < 4.78 is 19.6. The van der Waals surface area contributed by atoms with Crippen LogP contribution in [0, 0.1) is 53.3 Å². The molecule has 0 radical (unpaired) electrons. The lowest BCUT2D eigenvalue weighted by atomic mass is 9.72. The molecule has 3 aliphatic rings. The molecular weight excluding hydrogens is 732 g/mol. The summed E-state index contributed by atoms with van der Waals surface area (Å²) in [6.07, 6.45) is 6.02. The quantitative estimate of drug-likeness (QED) is 0.238. The molecule has 12 nitrogen and oxygen atoms in total. The van der Waals surface area contributed by atoms with Crippen molar-refractivity contribution in [1.29, 1.82) is 0 Å². The van der Waals surface area contributed by atoms with Crippen LogP contribution in [0.15, 0.2) is 36.5 Å². The van der Waals surface area contributed by atoms with Crippen molar-refractivity contribution < 1.29 is 58.9 Å². The van der Waals surface area contributed by atoms with E-state index in [9.17, 15) is 44.7 Å². The Kier molecular flexibility index (Phi) is 17.6. The monoisotopic (exact) mass is 805 g/mol. The molecule has 0 aromatic rings. The molecule has 0 saturated carbocycles. The Balaban J connectivity index is 2.02. The molecule has 57 heavy (non-hydrogen) atoms. The van der Waals surface area contributed by atoms with Gasteiger partial charge in [0.15, 0.2) is 11.6 Å². The maximum atomic E-state index is 14.1. The predicted molar refractivity (Wildman–Crippen MR) is 215 cm³/mol. The molecular formula is C45H72O12. The van der Waals surface area contributed by atoms with E-state index in [0.717, 1.165) is 0 Å². The maximum Gasteiger partial charge on any atom is 0.330 e. The Hall–Kier alpha value is -2.58. The summed E-state index contributed by atoms with van der Waals surface area (Å²) in [4.78, 5) is 54.7. The van der Waals surface area contributed by atoms with Crippen molar-refractivity contribution in [3.8, 4) is 0 Å². The molecule has 0 aromatic carbocycles. The topological polar surface area (TPSA) is 197 Å². The van der Waals surface area contributed by atoms with E-state index in [1.807, 2.05) is 45.1 Å². The van der Waals surface area contributed by atoms with Crippen LogP contribution < -0.4 is 0 Å². The third kappa shape index (κ3) is 11.4. The van der Waals surface area contributed by atoms with E-state index in [1.165, 1.54) is 39.8 Å². The number of fused-ring (bicyclic) bond motifs is 2. The van der Waals surface area contributed by atoms with Crippen molar-refractivity contribution in [1.82, 2.24) is 0 Å². The first kappa shape index (κ1) is 48.8. The van der Waals surface area contributed by atoms with Crippen LogP contribution in [-0.2, 0) is 33.4 Å². The first-order valence-electron chi connectivity index (χ1n) is 21.1. The van der Waals surface area contributed by atoms with Crippen LogP contribution in [0.2, 0.25) is 0 Å². The van der Waals surface area contributed by atoms with Crippen LogP contribution in [0.1, 0.15) is 115 Å². The first-order chi connectivity index (χ1) is 26.5. The number of carbonyl (C=O) groups is 4. The second kappa shape index (κ2) is 20.6. The van der Waals surface area contributed by atoms with Gasteiger partial charge in [0.1, 0.15) is 17.5 Å². The van der Waals surface area contributed by atoms with E-state index in [1.54, 1.807) is 20.8 Å². The normalized spacial score (nSPS) is 46.2. The fourth-order valence-electron chi connectivity index (χ4n) is 8.95. The summed E-state index contributed by atoms with van der Waals surface area (Å²) in [5, 5.41) is 55.0. The van der Waals surface area contributed by atoms with Gasteiger partial charge in [-0.3, -0.25) is 14.4 Å². The van der Waals surface area contributed by atoms with Crippen LogP contribution >= 0.6 is 0 Å². The number of aliphatic hydroxyl groups excluding tert-OH is 4. The predicted octanol–water partition coefficient (Wildman–Crippen LogP) is 5.06. The third-order valence-corrected chi connectivity index (χ3v) is 13.1. The lowest BCUT2D eigenvalue weighted by Gasteiger charge is -2.54. The molecule has 0 aliphatic carbocycles. The zero-order valence-corrected chi connectivity index (χ0v) is 36.0. The second-order valence-corrected chi connectivity index (χ2v) is 17.9. The SMILES string of the molecule is CC[C@@H]1[C@H]2OC(=O)/C=C/[C@@H](C)[C@H](O)[C@@H](C)C(=O)[C@@H](C)[C@H](O)[C@@H](C)C(=O)[C@@](C)(O)[C@H](O)[C@@H](C)C/C=C/C=C/[C@@H](C)CC[C@@H](O[C@]13O[C@H](C[C@H](C)O)[C@H](C)CC3=O)[C@@H]2C. The molecule has 18 atom stereocenters. The van der Waals surface area contributed by atoms with Crippen molar-refractivity contribution in [3.63, 3.8) is 0 Å². The van der Waals surface area contributed by atoms with Gasteiger partial charge in [-0.2, -0.15) is 0 Å². The average Bonchev–Trinajstić information content (AvgIpc) is 3.16. The summed E-state index contributed by atoms with van der Waals surface area (Å²) in [7, 11) is 0. The summed E-state index contributed by atoms with van der Waals surface area (Å²) >= 11 is 0. The molecule has 1 spiro atoms. The van der Waals surface area contributed by atoms with E-state index in [2.05, 4.69) is 6.92 Å². The second-order valence-electron chi connectivity index (χ2n) is 17.9. The highest BCUT2D eigenvalue weighted by atomic mass is 16.7. The average molecular weight is 805 g/mol. The summed E-state index contributed by atoms with van der Waals surface area (Å²) in [6.45, 7) is 18.4. The lowest BCUT2D eigenvalue weighted by Crippen LogP contribution is -2.67. The zero-order valence-electron chi connectivity index (χ0n) is 36.0. The Labute approximate surface area is 340 Å². The van der Waals surface area contributed by atoms with Gasteiger partial charge in [0.05, 0.1) is 42.5 Å². The number of aliphatic hydroxyl groups is 5. The number of ketones is 3. The summed E-state index contributed by atoms with van der Waals surface area (Å²) in [5.41, 5.74) is -2.21. The van der Waals surface area contributed by atoms with E-state index < -0.39 is 107 Å². The standard InChI is InChI=1S/C45H72O12/c1-12-33-41-29(7)34(56-45(33)36(47)22-27(5)35(57-45)23-28(6)46)20-18-24(2)16-14-13-15-17-26(4)42(52)44(11,54)43(53)32(10)40(51)31(9)39(50)30(8)38(49)25(3)19-21-37(48)55-41/h13-16,19,21,24-35,38,40-42,46,49,51-52,54H,12,17-18,20,22-23H2,1-11H3/b15-13+,16-14+,21-19+/t24-,25-,26+,27-,28+,29+,30-,31-,32-,33-,34-,35-,38+,40+,41+,42-,44+,45+/m1/s1. The molecule has 324 valence electrons. The Morgan fingerprint density at radius 3 is 2.09 bits per heavy atom. The van der Waals surface area contributed by atoms with Crippen LogP contribution in [0.3, 0.4) is 0 Å². The van der Waals surface area contributed by atoms with Crippen molar-refractivity contribution in [2.24, 2.45) is 53.3 Å². The highest BCUT2D eigenvalue weighted by Gasteiger charge is 2.61. The molecule has 2 bridgehead atoms. The van der Waals surface area contributed by atoms with Crippen LogP contribution in [0.5, 0.6) is 0 Å². The number of ether oxygens (including phenoxy) is 3. The Bertz CT molecular complexity index is 1470. The molecule has 5 N–H and O–H groups in total. The molecule has 12 heteroatoms. The van der Waals surface area contributed by atoms with Gasteiger partial charge in [-0.25, -0.2) is 4.79 Å². The lowest BCUT2D eigenvalue weighted by molar-refractivity contribution is -0.347. The summed E-state index contributed by atoms with van der Waals surface area (Å²) in [6, 6.07) is 0. The highest BCUT2D eigenvalue weighted by molar-refractivity contribution is 5.91. The molecule has 0 amide bonds. The van der Waals surface area contributed by atoms with Crippen LogP contribution in [0.25, 0.3) is 0 Å². The highest BCUT2D eigenvalue weighted by Crippen LogP contribution is 2.48. The Morgan fingerprint density at radius 1 is 0.842 bits per heavy atom. The molecule has 2 fully saturated rings. The van der Waals surface area contributed by atoms with Gasteiger partial charge in [-0.1, -0.05) is 92.7 Å². The minimum atomic E-state index is -2.21. The van der Waals surface area contributed by atoms with Crippen LogP contribution in [-0.4, -0.2) is 103 Å². The Morgan fingerprint density at radius 2 is 1.47 bits per heavy atom. The maximum absolute atomic E-state index is 14.1. The minimum absolute atomic E-state index is 0.0811. The first-order valence-corrected chi connectivity index (χ1v) is 21.1. The number of hydrogen-bond donors (Lipinski definition) is 5. The third-order valence-electron chi connectivity index (χ3n) is 13.1. The van der Waals surface area contributed by atoms with Gasteiger partial charge in [0.25, 0.3) is 0 Å². The van der Waals surface area contributed by atoms with Gasteiger partial charge in [0.2, 0.25) is 5.79 Å². The van der Waals surface area contributed by atoms with Crippen LogP contribution in [0.4, 0.5) is 0 Å². The number of Topliss-reactive ketones (excluding diaryl/α,β-unsaturated/α-hetero) is 3. The molecule has 2 saturated heterocycles.